The first kappa shape index (κ1) is 25.9. The molecule has 0 spiro atoms. The fourth-order valence-corrected chi connectivity index (χ4v) is 5.28. The highest BCUT2D eigenvalue weighted by Gasteiger charge is 2.49. The second-order valence-electron chi connectivity index (χ2n) is 9.00. The van der Waals surface area contributed by atoms with E-state index in [1.165, 1.54) is 31.3 Å². The number of hydrogen-bond donors (Lipinski definition) is 1. The van der Waals surface area contributed by atoms with Gasteiger partial charge in [0.05, 0.1) is 10.6 Å². The summed E-state index contributed by atoms with van der Waals surface area (Å²) in [5.74, 6) is -1.23. The van der Waals surface area contributed by atoms with E-state index in [1.807, 2.05) is 13.8 Å². The van der Waals surface area contributed by atoms with E-state index in [0.717, 1.165) is 20.3 Å². The molecule has 10 heteroatoms. The Kier molecular flexibility index (Phi) is 6.79. The molecule has 9 nitrogen and oxygen atoms in total. The fraction of sp³-hybridized carbons (Fsp3) is 0.222. The highest BCUT2D eigenvalue weighted by atomic mass is 32.2. The number of esters is 1. The summed E-state index contributed by atoms with van der Waals surface area (Å²) in [6, 6.07) is 18.9. The molecule has 3 aromatic rings. The number of anilines is 1. The van der Waals surface area contributed by atoms with E-state index in [1.54, 1.807) is 55.5 Å². The third-order valence-electron chi connectivity index (χ3n) is 6.48. The van der Waals surface area contributed by atoms with Gasteiger partial charge in [-0.15, -0.1) is 0 Å². The number of sulfonamides is 1. The van der Waals surface area contributed by atoms with Gasteiger partial charge in [0.15, 0.2) is 0 Å². The van der Waals surface area contributed by atoms with Crippen LogP contribution in [-0.4, -0.2) is 44.8 Å². The topological polar surface area (TPSA) is 113 Å². The van der Waals surface area contributed by atoms with Gasteiger partial charge in [0, 0.05) is 7.05 Å². The summed E-state index contributed by atoms with van der Waals surface area (Å²) in [7, 11) is -2.35. The number of benzene rings is 3. The fourth-order valence-electron chi connectivity index (χ4n) is 4.00. The van der Waals surface area contributed by atoms with Crippen molar-refractivity contribution in [3.63, 3.8) is 0 Å². The first-order valence-corrected chi connectivity index (χ1v) is 12.9. The van der Waals surface area contributed by atoms with Gasteiger partial charge < -0.3 is 10.1 Å². The molecular weight excluding hydrogens is 494 g/mol. The number of imide groups is 1. The van der Waals surface area contributed by atoms with Gasteiger partial charge >= 0.3 is 12.0 Å². The van der Waals surface area contributed by atoms with Crippen LogP contribution in [0.1, 0.15) is 23.6 Å². The van der Waals surface area contributed by atoms with Gasteiger partial charge in [0.1, 0.15) is 17.8 Å². The largest absolute Gasteiger partial charge is 0.425 e. The Morgan fingerprint density at radius 2 is 1.62 bits per heavy atom. The Hall–Kier alpha value is -4.18. The number of amides is 3. The summed E-state index contributed by atoms with van der Waals surface area (Å²) in [4.78, 5) is 38.9. The molecule has 0 saturated carbocycles. The van der Waals surface area contributed by atoms with Crippen LogP contribution in [0.15, 0.2) is 77.7 Å². The number of rotatable bonds is 7. The second kappa shape index (κ2) is 9.70. The molecule has 0 radical (unpaired) electrons. The van der Waals surface area contributed by atoms with E-state index in [-0.39, 0.29) is 10.6 Å². The predicted octanol–water partition coefficient (Wildman–Crippen LogP) is 3.50. The molecule has 1 N–H and O–H groups in total. The van der Waals surface area contributed by atoms with E-state index >= 15 is 0 Å². The second-order valence-corrected chi connectivity index (χ2v) is 11.0. The molecule has 3 amide bonds. The smallest absolute Gasteiger partial charge is 0.331 e. The summed E-state index contributed by atoms with van der Waals surface area (Å²) in [5.41, 5.74) is 1.54. The Bertz CT molecular complexity index is 1470. The zero-order chi connectivity index (χ0) is 27.0. The quantitative estimate of drug-likeness (QED) is 0.289. The molecule has 0 unspecified atom stereocenters. The van der Waals surface area contributed by atoms with Crippen molar-refractivity contribution in [1.82, 2.24) is 10.2 Å². The zero-order valence-corrected chi connectivity index (χ0v) is 21.7. The lowest BCUT2D eigenvalue weighted by Crippen LogP contribution is -2.41. The molecular formula is C27H27N3O6S. The monoisotopic (exact) mass is 521 g/mol. The Morgan fingerprint density at radius 3 is 2.24 bits per heavy atom. The maximum Gasteiger partial charge on any atom is 0.331 e. The first-order chi connectivity index (χ1) is 17.4. The van der Waals surface area contributed by atoms with Crippen LogP contribution in [0.2, 0.25) is 0 Å². The standard InChI is InChI=1S/C27H27N3O6S/c1-18-10-15-23(16-19(18)2)37(34,35)29(4)21-11-13-22(14-12-21)36-24(31)17-30-25(32)27(3,28-26(30)33)20-8-6-5-7-9-20/h5-16H,17H2,1-4H3,(H,28,33)/t27-/m0/s1. The number of carbonyl (C=O) groups is 3. The van der Waals surface area contributed by atoms with Crippen molar-refractivity contribution in [3.8, 4) is 5.75 Å². The van der Waals surface area contributed by atoms with Crippen LogP contribution < -0.4 is 14.4 Å². The van der Waals surface area contributed by atoms with Crippen molar-refractivity contribution >= 4 is 33.6 Å². The molecule has 1 saturated heterocycles. The molecule has 3 aromatic carbocycles. The van der Waals surface area contributed by atoms with Crippen LogP contribution in [0.4, 0.5) is 10.5 Å². The lowest BCUT2D eigenvalue weighted by atomic mass is 9.92. The average Bonchev–Trinajstić information content (AvgIpc) is 3.09. The van der Waals surface area contributed by atoms with Gasteiger partial charge in [-0.05, 0) is 73.9 Å². The normalized spacial score (nSPS) is 17.5. The van der Waals surface area contributed by atoms with Crippen LogP contribution >= 0.6 is 0 Å². The van der Waals surface area contributed by atoms with Gasteiger partial charge in [0.25, 0.3) is 15.9 Å². The maximum atomic E-state index is 13.0. The molecule has 1 atom stereocenters. The Balaban J connectivity index is 1.43. The lowest BCUT2D eigenvalue weighted by molar-refractivity contribution is -0.140. The van der Waals surface area contributed by atoms with E-state index < -0.39 is 40.0 Å². The van der Waals surface area contributed by atoms with Crippen molar-refractivity contribution in [3.05, 3.63) is 89.5 Å². The molecule has 37 heavy (non-hydrogen) atoms. The molecule has 0 aromatic heterocycles. The minimum absolute atomic E-state index is 0.142. The zero-order valence-electron chi connectivity index (χ0n) is 20.9. The summed E-state index contributed by atoms with van der Waals surface area (Å²) in [6.45, 7) is 4.76. The Morgan fingerprint density at radius 1 is 0.973 bits per heavy atom. The molecule has 1 heterocycles. The first-order valence-electron chi connectivity index (χ1n) is 11.5. The van der Waals surface area contributed by atoms with Gasteiger partial charge in [-0.2, -0.15) is 0 Å². The number of hydrogen-bond acceptors (Lipinski definition) is 6. The highest BCUT2D eigenvalue weighted by Crippen LogP contribution is 2.29. The van der Waals surface area contributed by atoms with Gasteiger partial charge in [0.2, 0.25) is 0 Å². The molecule has 1 fully saturated rings. The average molecular weight is 522 g/mol. The van der Waals surface area contributed by atoms with Crippen molar-refractivity contribution in [2.24, 2.45) is 0 Å². The SMILES string of the molecule is Cc1ccc(S(=O)(=O)N(C)c2ccc(OC(=O)CN3C(=O)N[C@@](C)(c4ccccc4)C3=O)cc2)cc1C. The van der Waals surface area contributed by atoms with Crippen molar-refractivity contribution in [2.45, 2.75) is 31.2 Å². The molecule has 4 rings (SSSR count). The number of aryl methyl sites for hydroxylation is 2. The van der Waals surface area contributed by atoms with Gasteiger partial charge in [-0.25, -0.2) is 18.0 Å². The molecule has 0 aliphatic carbocycles. The van der Waals surface area contributed by atoms with E-state index in [4.69, 9.17) is 4.74 Å². The predicted molar refractivity (Wildman–Crippen MR) is 138 cm³/mol. The summed E-state index contributed by atoms with van der Waals surface area (Å²) in [6.07, 6.45) is 0. The number of ether oxygens (including phenoxy) is 1. The number of carbonyl (C=O) groups excluding carboxylic acids is 3. The van der Waals surface area contributed by atoms with Gasteiger partial charge in [-0.3, -0.25) is 14.0 Å². The molecule has 0 bridgehead atoms. The van der Waals surface area contributed by atoms with E-state index in [2.05, 4.69) is 5.32 Å². The van der Waals surface area contributed by atoms with E-state index in [9.17, 15) is 22.8 Å². The lowest BCUT2D eigenvalue weighted by Gasteiger charge is -2.22. The van der Waals surface area contributed by atoms with Crippen LogP contribution in [-0.2, 0) is 25.2 Å². The molecule has 1 aliphatic rings. The van der Waals surface area contributed by atoms with Crippen molar-refractivity contribution < 1.29 is 27.5 Å². The number of nitrogens with zero attached hydrogens (tertiary/aromatic N) is 2. The van der Waals surface area contributed by atoms with E-state index in [0.29, 0.717) is 11.3 Å². The summed E-state index contributed by atoms with van der Waals surface area (Å²) in [5, 5.41) is 2.64. The molecule has 192 valence electrons. The third-order valence-corrected chi connectivity index (χ3v) is 8.26. The van der Waals surface area contributed by atoms with Crippen LogP contribution in [0.25, 0.3) is 0 Å². The number of nitrogens with one attached hydrogen (secondary N) is 1. The summed E-state index contributed by atoms with van der Waals surface area (Å²) >= 11 is 0. The number of urea groups is 1. The maximum absolute atomic E-state index is 13.0. The van der Waals surface area contributed by atoms with Crippen LogP contribution in [0, 0.1) is 13.8 Å². The van der Waals surface area contributed by atoms with Gasteiger partial charge in [-0.1, -0.05) is 36.4 Å². The third kappa shape index (κ3) is 4.92. The van der Waals surface area contributed by atoms with Crippen molar-refractivity contribution in [2.75, 3.05) is 17.9 Å². The Labute approximate surface area is 215 Å². The van der Waals surface area contributed by atoms with Crippen LogP contribution in [0.3, 0.4) is 0 Å². The minimum atomic E-state index is -3.79. The van der Waals surface area contributed by atoms with Crippen LogP contribution in [0.5, 0.6) is 5.75 Å². The minimum Gasteiger partial charge on any atom is -0.425 e. The summed E-state index contributed by atoms with van der Waals surface area (Å²) < 4.78 is 32.5. The van der Waals surface area contributed by atoms with Crippen molar-refractivity contribution in [1.29, 1.82) is 0 Å². The molecule has 1 aliphatic heterocycles. The highest BCUT2D eigenvalue weighted by molar-refractivity contribution is 7.92.